The number of carbonyl (C=O) groups is 1. The fraction of sp³-hybridized carbons (Fsp3) is 0.250. The number of nitrogens with zero attached hydrogens (tertiary/aromatic N) is 3. The third kappa shape index (κ3) is 2.82. The first kappa shape index (κ1) is 12.9. The molecular formula is C12H15N5O2. The van der Waals surface area contributed by atoms with Gasteiger partial charge in [-0.3, -0.25) is 4.79 Å². The molecule has 1 aromatic heterocycles. The van der Waals surface area contributed by atoms with E-state index in [9.17, 15) is 4.79 Å². The first-order valence-electron chi connectivity index (χ1n) is 5.70. The van der Waals surface area contributed by atoms with E-state index in [1.54, 1.807) is 25.1 Å². The number of amides is 1. The molecule has 0 spiro atoms. The normalized spacial score (nSPS) is 11.9. The van der Waals surface area contributed by atoms with Crippen LogP contribution in [0.25, 0.3) is 0 Å². The van der Waals surface area contributed by atoms with E-state index in [4.69, 9.17) is 10.5 Å². The largest absolute Gasteiger partial charge is 0.494 e. The lowest BCUT2D eigenvalue weighted by atomic mass is 10.2. The number of aromatic nitrogens is 3. The Morgan fingerprint density at radius 1 is 1.53 bits per heavy atom. The zero-order valence-corrected chi connectivity index (χ0v) is 10.7. The number of nitrogens with one attached hydrogen (secondary N) is 1. The van der Waals surface area contributed by atoms with Crippen molar-refractivity contribution in [3.05, 3.63) is 30.9 Å². The van der Waals surface area contributed by atoms with E-state index in [-0.39, 0.29) is 5.91 Å². The quantitative estimate of drug-likeness (QED) is 0.803. The average Bonchev–Trinajstić information content (AvgIpc) is 2.93. The van der Waals surface area contributed by atoms with Crippen LogP contribution in [0.4, 0.5) is 11.4 Å². The molecule has 0 saturated carbocycles. The van der Waals surface area contributed by atoms with Gasteiger partial charge in [-0.25, -0.2) is 9.67 Å². The van der Waals surface area contributed by atoms with E-state index in [1.165, 1.54) is 24.4 Å². The molecule has 7 heteroatoms. The van der Waals surface area contributed by atoms with E-state index < -0.39 is 6.04 Å². The first-order chi connectivity index (χ1) is 9.11. The van der Waals surface area contributed by atoms with E-state index in [2.05, 4.69) is 15.4 Å². The van der Waals surface area contributed by atoms with E-state index in [0.717, 1.165) is 0 Å². The van der Waals surface area contributed by atoms with Gasteiger partial charge >= 0.3 is 0 Å². The maximum absolute atomic E-state index is 12.1. The molecule has 0 radical (unpaired) electrons. The molecule has 0 saturated heterocycles. The molecule has 100 valence electrons. The van der Waals surface area contributed by atoms with Crippen LogP contribution in [0, 0.1) is 0 Å². The number of nitrogen functional groups attached to an aromatic ring is 1. The molecule has 1 aromatic carbocycles. The number of hydrogen-bond acceptors (Lipinski definition) is 5. The van der Waals surface area contributed by atoms with Crippen LogP contribution in [0.3, 0.4) is 0 Å². The molecule has 7 nitrogen and oxygen atoms in total. The van der Waals surface area contributed by atoms with E-state index in [1.807, 2.05) is 0 Å². The molecule has 0 aliphatic heterocycles. The molecule has 0 aliphatic carbocycles. The monoisotopic (exact) mass is 261 g/mol. The summed E-state index contributed by atoms with van der Waals surface area (Å²) in [5, 5.41) is 6.70. The average molecular weight is 261 g/mol. The molecule has 1 atom stereocenters. The first-order valence-corrected chi connectivity index (χ1v) is 5.70. The van der Waals surface area contributed by atoms with Crippen LogP contribution in [0.2, 0.25) is 0 Å². The standard InChI is InChI=1S/C12H15N5O2/c1-8(17-7-14-6-15-17)12(18)16-10-4-3-9(13)5-11(10)19-2/h3-8H,13H2,1-2H3,(H,16,18). The van der Waals surface area contributed by atoms with Crippen molar-refractivity contribution in [2.75, 3.05) is 18.2 Å². The second-order valence-corrected chi connectivity index (χ2v) is 4.00. The highest BCUT2D eigenvalue weighted by atomic mass is 16.5. The van der Waals surface area contributed by atoms with Gasteiger partial charge in [0.25, 0.3) is 0 Å². The molecule has 0 bridgehead atoms. The number of hydrogen-bond donors (Lipinski definition) is 2. The molecule has 3 N–H and O–H groups in total. The van der Waals surface area contributed by atoms with Crippen molar-refractivity contribution in [3.63, 3.8) is 0 Å². The zero-order chi connectivity index (χ0) is 13.8. The van der Waals surface area contributed by atoms with Gasteiger partial charge in [0.1, 0.15) is 24.4 Å². The second-order valence-electron chi connectivity index (χ2n) is 4.00. The molecule has 0 aliphatic rings. The molecule has 2 rings (SSSR count). The van der Waals surface area contributed by atoms with Gasteiger partial charge in [-0.1, -0.05) is 0 Å². The summed E-state index contributed by atoms with van der Waals surface area (Å²) in [4.78, 5) is 15.9. The summed E-state index contributed by atoms with van der Waals surface area (Å²) in [7, 11) is 1.52. The van der Waals surface area contributed by atoms with Gasteiger partial charge in [-0.05, 0) is 19.1 Å². The number of methoxy groups -OCH3 is 1. The Hall–Kier alpha value is -2.57. The lowest BCUT2D eigenvalue weighted by molar-refractivity contribution is -0.119. The summed E-state index contributed by atoms with van der Waals surface area (Å²) in [5.74, 6) is 0.299. The maximum Gasteiger partial charge on any atom is 0.249 e. The fourth-order valence-electron chi connectivity index (χ4n) is 1.59. The van der Waals surface area contributed by atoms with Crippen LogP contribution < -0.4 is 15.8 Å². The van der Waals surface area contributed by atoms with Crippen molar-refractivity contribution in [2.24, 2.45) is 0 Å². The number of rotatable bonds is 4. The lowest BCUT2D eigenvalue weighted by Crippen LogP contribution is -2.24. The van der Waals surface area contributed by atoms with Gasteiger partial charge in [0.15, 0.2) is 0 Å². The summed E-state index contributed by atoms with van der Waals surface area (Å²) in [6, 6.07) is 4.57. The van der Waals surface area contributed by atoms with Crippen LogP contribution in [0.1, 0.15) is 13.0 Å². The summed E-state index contributed by atoms with van der Waals surface area (Å²) < 4.78 is 6.64. The molecule has 1 heterocycles. The highest BCUT2D eigenvalue weighted by Gasteiger charge is 2.17. The van der Waals surface area contributed by atoms with Crippen LogP contribution in [-0.4, -0.2) is 27.8 Å². The third-order valence-electron chi connectivity index (χ3n) is 2.70. The predicted octanol–water partition coefficient (Wildman–Crippen LogP) is 1.07. The van der Waals surface area contributed by atoms with E-state index in [0.29, 0.717) is 17.1 Å². The van der Waals surface area contributed by atoms with Gasteiger partial charge < -0.3 is 15.8 Å². The molecule has 0 fully saturated rings. The van der Waals surface area contributed by atoms with Gasteiger partial charge in [0.05, 0.1) is 12.8 Å². The Balaban J connectivity index is 2.15. The Bertz CT molecular complexity index is 568. The molecule has 19 heavy (non-hydrogen) atoms. The minimum atomic E-state index is -0.468. The molecule has 1 unspecified atom stereocenters. The van der Waals surface area contributed by atoms with Crippen LogP contribution in [-0.2, 0) is 4.79 Å². The maximum atomic E-state index is 12.1. The van der Waals surface area contributed by atoms with Gasteiger partial charge in [0, 0.05) is 11.8 Å². The van der Waals surface area contributed by atoms with Crippen LogP contribution in [0.15, 0.2) is 30.9 Å². The highest BCUT2D eigenvalue weighted by molar-refractivity contribution is 5.95. The second kappa shape index (κ2) is 5.38. The Morgan fingerprint density at radius 2 is 2.32 bits per heavy atom. The van der Waals surface area contributed by atoms with Crippen molar-refractivity contribution in [1.82, 2.24) is 14.8 Å². The smallest absolute Gasteiger partial charge is 0.249 e. The Morgan fingerprint density at radius 3 is 2.95 bits per heavy atom. The lowest BCUT2D eigenvalue weighted by Gasteiger charge is -2.14. The van der Waals surface area contributed by atoms with Gasteiger partial charge in [-0.2, -0.15) is 5.10 Å². The number of benzene rings is 1. The third-order valence-corrected chi connectivity index (χ3v) is 2.70. The summed E-state index contributed by atoms with van der Waals surface area (Å²) >= 11 is 0. The summed E-state index contributed by atoms with van der Waals surface area (Å²) in [6.45, 7) is 1.73. The highest BCUT2D eigenvalue weighted by Crippen LogP contribution is 2.27. The van der Waals surface area contributed by atoms with E-state index >= 15 is 0 Å². The number of anilines is 2. The van der Waals surface area contributed by atoms with Crippen LogP contribution >= 0.6 is 0 Å². The summed E-state index contributed by atoms with van der Waals surface area (Å²) in [6.07, 6.45) is 2.87. The van der Waals surface area contributed by atoms with Crippen molar-refractivity contribution >= 4 is 17.3 Å². The van der Waals surface area contributed by atoms with Crippen LogP contribution in [0.5, 0.6) is 5.75 Å². The van der Waals surface area contributed by atoms with Gasteiger partial charge in [-0.15, -0.1) is 0 Å². The number of ether oxygens (including phenoxy) is 1. The van der Waals surface area contributed by atoms with Crippen molar-refractivity contribution in [1.29, 1.82) is 0 Å². The topological polar surface area (TPSA) is 95.1 Å². The zero-order valence-electron chi connectivity index (χ0n) is 10.7. The molecular weight excluding hydrogens is 246 g/mol. The Labute approximate surface area is 110 Å². The van der Waals surface area contributed by atoms with Crippen molar-refractivity contribution < 1.29 is 9.53 Å². The van der Waals surface area contributed by atoms with Crippen molar-refractivity contribution in [2.45, 2.75) is 13.0 Å². The Kier molecular flexibility index (Phi) is 3.65. The number of nitrogens with two attached hydrogens (primary N) is 1. The SMILES string of the molecule is COc1cc(N)ccc1NC(=O)C(C)n1cncn1. The molecule has 2 aromatic rings. The summed E-state index contributed by atoms with van der Waals surface area (Å²) in [5.41, 5.74) is 6.79. The minimum absolute atomic E-state index is 0.214. The van der Waals surface area contributed by atoms with Gasteiger partial charge in [0.2, 0.25) is 5.91 Å². The molecule has 1 amide bonds. The van der Waals surface area contributed by atoms with Crippen molar-refractivity contribution in [3.8, 4) is 5.75 Å². The minimum Gasteiger partial charge on any atom is -0.494 e. The fourth-order valence-corrected chi connectivity index (χ4v) is 1.59. The predicted molar refractivity (Wildman–Crippen MR) is 70.8 cm³/mol. The number of carbonyl (C=O) groups excluding carboxylic acids is 1.